The first-order valence-corrected chi connectivity index (χ1v) is 10.8. The predicted molar refractivity (Wildman–Crippen MR) is 117 cm³/mol. The van der Waals surface area contributed by atoms with Crippen molar-refractivity contribution < 1.29 is 14.3 Å². The maximum absolute atomic E-state index is 12.1. The summed E-state index contributed by atoms with van der Waals surface area (Å²) in [4.78, 5) is 28.6. The summed E-state index contributed by atoms with van der Waals surface area (Å²) in [6.07, 6.45) is 1.94. The summed E-state index contributed by atoms with van der Waals surface area (Å²) in [5, 5.41) is 0. The lowest BCUT2D eigenvalue weighted by Crippen LogP contribution is -2.55. The number of aromatic nitrogens is 2. The average molecular weight is 421 g/mol. The van der Waals surface area contributed by atoms with Gasteiger partial charge in [0.1, 0.15) is 6.61 Å². The maximum atomic E-state index is 12.1. The number of fused-ring (bicyclic) bond motifs is 1. The Morgan fingerprint density at radius 3 is 2.65 bits per heavy atom. The van der Waals surface area contributed by atoms with Gasteiger partial charge in [0.2, 0.25) is 0 Å². The molecule has 31 heavy (non-hydrogen) atoms. The number of hydrogen-bond acceptors (Lipinski definition) is 4. The van der Waals surface area contributed by atoms with Gasteiger partial charge in [-0.25, -0.2) is 9.59 Å². The SMILES string of the molecule is Cn1c(=O)[nH]c2cccc([C@H]3C[C@@H](COC4CN(C(=O)OCc5ccccc5)C4)C3)c21. The molecule has 2 fully saturated rings. The Balaban J connectivity index is 1.04. The number of benzene rings is 2. The normalized spacial score (nSPS) is 21.0. The standard InChI is InChI=1S/C24H27N3O4/c1-26-22-20(8-5-9-21(22)25-23(26)28)18-10-17(11-18)15-30-19-12-27(13-19)24(29)31-14-16-6-3-2-4-7-16/h2-9,17-19H,10-15H2,1H3,(H,25,28)/t17-,18+. The summed E-state index contributed by atoms with van der Waals surface area (Å²) in [6.45, 7) is 2.20. The fourth-order valence-electron chi connectivity index (χ4n) is 4.57. The number of ether oxygens (including phenoxy) is 2. The first-order chi connectivity index (χ1) is 15.1. The molecule has 2 heterocycles. The molecule has 1 aliphatic carbocycles. The van der Waals surface area contributed by atoms with Crippen LogP contribution in [-0.4, -0.2) is 46.3 Å². The molecular formula is C24H27N3O4. The fraction of sp³-hybridized carbons (Fsp3) is 0.417. The number of likely N-dealkylation sites (tertiary alicyclic amines) is 1. The fourth-order valence-corrected chi connectivity index (χ4v) is 4.57. The number of amides is 1. The van der Waals surface area contributed by atoms with Crippen LogP contribution in [0.1, 0.15) is 29.9 Å². The highest BCUT2D eigenvalue weighted by Crippen LogP contribution is 2.43. The number of hydrogen-bond donors (Lipinski definition) is 1. The van der Waals surface area contributed by atoms with Gasteiger partial charge in [0, 0.05) is 13.7 Å². The number of carbonyl (C=O) groups excluding carboxylic acids is 1. The van der Waals surface area contributed by atoms with Crippen LogP contribution < -0.4 is 5.69 Å². The van der Waals surface area contributed by atoms with E-state index in [0.29, 0.717) is 31.5 Å². The summed E-state index contributed by atoms with van der Waals surface area (Å²) in [6, 6.07) is 15.8. The number of aryl methyl sites for hydroxylation is 1. The topological polar surface area (TPSA) is 76.6 Å². The van der Waals surface area contributed by atoms with Crippen LogP contribution in [0.4, 0.5) is 4.79 Å². The van der Waals surface area contributed by atoms with Crippen molar-refractivity contribution in [2.24, 2.45) is 13.0 Å². The largest absolute Gasteiger partial charge is 0.445 e. The second kappa shape index (κ2) is 8.23. The van der Waals surface area contributed by atoms with Gasteiger partial charge < -0.3 is 19.4 Å². The molecule has 0 spiro atoms. The Hall–Kier alpha value is -3.06. The van der Waals surface area contributed by atoms with Crippen LogP contribution in [0.2, 0.25) is 0 Å². The number of aromatic amines is 1. The van der Waals surface area contributed by atoms with Gasteiger partial charge in [-0.05, 0) is 41.9 Å². The number of rotatable bonds is 6. The lowest BCUT2D eigenvalue weighted by molar-refractivity contribution is -0.0705. The molecule has 3 aromatic rings. The maximum Gasteiger partial charge on any atom is 0.410 e. The van der Waals surface area contributed by atoms with Crippen molar-refractivity contribution in [3.63, 3.8) is 0 Å². The number of para-hydroxylation sites is 1. The van der Waals surface area contributed by atoms with Crippen molar-refractivity contribution in [3.8, 4) is 0 Å². The zero-order valence-corrected chi connectivity index (χ0v) is 17.6. The van der Waals surface area contributed by atoms with E-state index in [1.165, 1.54) is 5.56 Å². The van der Waals surface area contributed by atoms with Gasteiger partial charge in [-0.3, -0.25) is 4.57 Å². The average Bonchev–Trinajstić information content (AvgIpc) is 3.01. The number of imidazole rings is 1. The molecule has 5 rings (SSSR count). The van der Waals surface area contributed by atoms with E-state index in [9.17, 15) is 9.59 Å². The van der Waals surface area contributed by atoms with Crippen LogP contribution in [-0.2, 0) is 23.1 Å². The van der Waals surface area contributed by atoms with Crippen molar-refractivity contribution in [3.05, 3.63) is 70.1 Å². The molecule has 1 saturated carbocycles. The minimum atomic E-state index is -0.280. The third-order valence-electron chi connectivity index (χ3n) is 6.50. The third-order valence-corrected chi connectivity index (χ3v) is 6.50. The number of H-pyrrole nitrogens is 1. The zero-order valence-electron chi connectivity index (χ0n) is 17.6. The lowest BCUT2D eigenvalue weighted by Gasteiger charge is -2.41. The molecule has 1 aliphatic heterocycles. The summed E-state index contributed by atoms with van der Waals surface area (Å²) < 4.78 is 13.1. The highest BCUT2D eigenvalue weighted by Gasteiger charge is 2.36. The Morgan fingerprint density at radius 1 is 1.10 bits per heavy atom. The van der Waals surface area contributed by atoms with E-state index in [-0.39, 0.29) is 17.9 Å². The predicted octanol–water partition coefficient (Wildman–Crippen LogP) is 3.40. The minimum absolute atomic E-state index is 0.0708. The number of carbonyl (C=O) groups is 1. The molecule has 0 radical (unpaired) electrons. The van der Waals surface area contributed by atoms with E-state index >= 15 is 0 Å². The number of nitrogens with one attached hydrogen (secondary N) is 1. The van der Waals surface area contributed by atoms with Crippen molar-refractivity contribution in [1.82, 2.24) is 14.5 Å². The molecule has 1 amide bonds. The molecule has 1 saturated heterocycles. The Bertz CT molecular complexity index is 1120. The van der Waals surface area contributed by atoms with Crippen molar-refractivity contribution in [1.29, 1.82) is 0 Å². The molecule has 0 unspecified atom stereocenters. The highest BCUT2D eigenvalue weighted by atomic mass is 16.6. The van der Waals surface area contributed by atoms with E-state index in [2.05, 4.69) is 11.1 Å². The second-order valence-corrected chi connectivity index (χ2v) is 8.67. The lowest BCUT2D eigenvalue weighted by atomic mass is 9.71. The quantitative estimate of drug-likeness (QED) is 0.662. The Kier molecular flexibility index (Phi) is 5.28. The molecule has 7 heteroatoms. The number of nitrogens with zero attached hydrogens (tertiary/aromatic N) is 2. The third kappa shape index (κ3) is 3.97. The second-order valence-electron chi connectivity index (χ2n) is 8.67. The van der Waals surface area contributed by atoms with Gasteiger partial charge in [-0.15, -0.1) is 0 Å². The van der Waals surface area contributed by atoms with E-state index < -0.39 is 0 Å². The van der Waals surface area contributed by atoms with E-state index in [1.54, 1.807) is 9.47 Å². The van der Waals surface area contributed by atoms with Crippen LogP contribution in [0.25, 0.3) is 11.0 Å². The minimum Gasteiger partial charge on any atom is -0.445 e. The van der Waals surface area contributed by atoms with E-state index in [0.717, 1.165) is 36.0 Å². The first-order valence-electron chi connectivity index (χ1n) is 10.8. The zero-order chi connectivity index (χ0) is 21.4. The summed E-state index contributed by atoms with van der Waals surface area (Å²) in [7, 11) is 1.82. The van der Waals surface area contributed by atoms with Gasteiger partial charge >= 0.3 is 11.8 Å². The Labute approximate surface area is 180 Å². The van der Waals surface area contributed by atoms with Gasteiger partial charge in [0.15, 0.2) is 0 Å². The van der Waals surface area contributed by atoms with E-state index in [4.69, 9.17) is 9.47 Å². The summed E-state index contributed by atoms with van der Waals surface area (Å²) >= 11 is 0. The first kappa shape index (κ1) is 19.9. The van der Waals surface area contributed by atoms with Gasteiger partial charge in [0.25, 0.3) is 0 Å². The van der Waals surface area contributed by atoms with Crippen LogP contribution >= 0.6 is 0 Å². The molecule has 162 valence electrons. The summed E-state index contributed by atoms with van der Waals surface area (Å²) in [5.74, 6) is 0.986. The monoisotopic (exact) mass is 421 g/mol. The van der Waals surface area contributed by atoms with Crippen LogP contribution in [0.3, 0.4) is 0 Å². The van der Waals surface area contributed by atoms with Gasteiger partial charge in [-0.2, -0.15) is 0 Å². The van der Waals surface area contributed by atoms with Crippen LogP contribution in [0.15, 0.2) is 53.3 Å². The molecule has 0 bridgehead atoms. The molecule has 2 aromatic carbocycles. The van der Waals surface area contributed by atoms with Crippen LogP contribution in [0, 0.1) is 5.92 Å². The van der Waals surface area contributed by atoms with E-state index in [1.807, 2.05) is 49.5 Å². The molecule has 7 nitrogen and oxygen atoms in total. The highest BCUT2D eigenvalue weighted by molar-refractivity contribution is 5.79. The molecular weight excluding hydrogens is 394 g/mol. The Morgan fingerprint density at radius 2 is 1.87 bits per heavy atom. The molecule has 1 N–H and O–H groups in total. The van der Waals surface area contributed by atoms with Crippen molar-refractivity contribution in [2.45, 2.75) is 31.5 Å². The molecule has 1 aromatic heterocycles. The summed E-state index contributed by atoms with van der Waals surface area (Å²) in [5.41, 5.74) is 4.07. The van der Waals surface area contributed by atoms with Crippen molar-refractivity contribution in [2.75, 3.05) is 19.7 Å². The molecule has 0 atom stereocenters. The molecule has 2 aliphatic rings. The van der Waals surface area contributed by atoms with Gasteiger partial charge in [-0.1, -0.05) is 42.5 Å². The van der Waals surface area contributed by atoms with Crippen LogP contribution in [0.5, 0.6) is 0 Å². The van der Waals surface area contributed by atoms with Gasteiger partial charge in [0.05, 0.1) is 30.2 Å². The smallest absolute Gasteiger partial charge is 0.410 e. The van der Waals surface area contributed by atoms with Crippen molar-refractivity contribution >= 4 is 17.1 Å².